The predicted molar refractivity (Wildman–Crippen MR) is 70.2 cm³/mol. The fourth-order valence-corrected chi connectivity index (χ4v) is 3.18. The number of alkyl halides is 3. The highest BCUT2D eigenvalue weighted by Gasteiger charge is 2.43. The third kappa shape index (κ3) is 3.65. The molecular formula is C14H23F3N2O. The minimum absolute atomic E-state index is 0.0313. The van der Waals surface area contributed by atoms with Crippen LogP contribution in [0.3, 0.4) is 0 Å². The Morgan fingerprint density at radius 3 is 2.50 bits per heavy atom. The van der Waals surface area contributed by atoms with Gasteiger partial charge in [0.2, 0.25) is 5.91 Å². The van der Waals surface area contributed by atoms with Gasteiger partial charge < -0.3 is 10.6 Å². The summed E-state index contributed by atoms with van der Waals surface area (Å²) in [5.74, 6) is -1.34. The van der Waals surface area contributed by atoms with Gasteiger partial charge in [-0.15, -0.1) is 0 Å². The van der Waals surface area contributed by atoms with Crippen LogP contribution in [0.4, 0.5) is 13.2 Å². The molecule has 2 atom stereocenters. The number of hydrogen-bond donors (Lipinski definition) is 2. The smallest absolute Gasteiger partial charge is 0.353 e. The molecule has 1 saturated heterocycles. The molecule has 0 aromatic carbocycles. The number of nitrogens with one attached hydrogen (secondary N) is 2. The molecule has 2 unspecified atom stereocenters. The van der Waals surface area contributed by atoms with Gasteiger partial charge in [0.05, 0.1) is 5.92 Å². The van der Waals surface area contributed by atoms with Crippen LogP contribution in [-0.4, -0.2) is 31.2 Å². The molecule has 2 rings (SSSR count). The van der Waals surface area contributed by atoms with Crippen molar-refractivity contribution in [3.63, 3.8) is 0 Å². The van der Waals surface area contributed by atoms with Crippen LogP contribution in [-0.2, 0) is 4.79 Å². The summed E-state index contributed by atoms with van der Waals surface area (Å²) in [7, 11) is 0. The highest BCUT2D eigenvalue weighted by molar-refractivity contribution is 5.82. The van der Waals surface area contributed by atoms with Gasteiger partial charge in [-0.25, -0.2) is 0 Å². The average molecular weight is 292 g/mol. The van der Waals surface area contributed by atoms with Crippen LogP contribution in [0.1, 0.15) is 45.4 Å². The van der Waals surface area contributed by atoms with Crippen molar-refractivity contribution in [2.75, 3.05) is 13.1 Å². The molecule has 2 N–H and O–H groups in total. The third-order valence-corrected chi connectivity index (χ3v) is 4.73. The van der Waals surface area contributed by atoms with Crippen molar-refractivity contribution in [2.24, 2.45) is 11.3 Å². The maximum absolute atomic E-state index is 12.8. The van der Waals surface area contributed by atoms with E-state index in [2.05, 4.69) is 10.6 Å². The number of carbonyl (C=O) groups is 1. The number of hydrogen-bond acceptors (Lipinski definition) is 2. The number of amides is 1. The highest BCUT2D eigenvalue weighted by Crippen LogP contribution is 2.38. The Bertz CT molecular complexity index is 351. The van der Waals surface area contributed by atoms with Crippen molar-refractivity contribution in [2.45, 2.75) is 57.7 Å². The lowest BCUT2D eigenvalue weighted by atomic mass is 9.79. The fourth-order valence-electron chi connectivity index (χ4n) is 3.18. The first-order valence-corrected chi connectivity index (χ1v) is 7.40. The van der Waals surface area contributed by atoms with Gasteiger partial charge in [0.1, 0.15) is 0 Å². The molecule has 2 fully saturated rings. The van der Waals surface area contributed by atoms with E-state index in [4.69, 9.17) is 0 Å². The van der Waals surface area contributed by atoms with Gasteiger partial charge in [-0.1, -0.05) is 13.3 Å². The van der Waals surface area contributed by atoms with E-state index in [-0.39, 0.29) is 24.8 Å². The Balaban J connectivity index is 1.90. The summed E-state index contributed by atoms with van der Waals surface area (Å²) >= 11 is 0. The van der Waals surface area contributed by atoms with Gasteiger partial charge in [-0.05, 0) is 45.2 Å². The van der Waals surface area contributed by atoms with Crippen LogP contribution in [0.2, 0.25) is 0 Å². The second-order valence-electron chi connectivity index (χ2n) is 6.39. The lowest BCUT2D eigenvalue weighted by Crippen LogP contribution is -2.50. The average Bonchev–Trinajstić information content (AvgIpc) is 2.39. The number of carbonyl (C=O) groups excluding carboxylic acids is 1. The molecule has 116 valence electrons. The zero-order valence-electron chi connectivity index (χ0n) is 11.9. The molecule has 1 amide bonds. The van der Waals surface area contributed by atoms with Gasteiger partial charge >= 0.3 is 6.18 Å². The largest absolute Gasteiger partial charge is 0.391 e. The van der Waals surface area contributed by atoms with E-state index >= 15 is 0 Å². The second-order valence-corrected chi connectivity index (χ2v) is 6.39. The van der Waals surface area contributed by atoms with Crippen molar-refractivity contribution in [3.05, 3.63) is 0 Å². The summed E-state index contributed by atoms with van der Waals surface area (Å²) in [5, 5.41) is 6.06. The molecular weight excluding hydrogens is 269 g/mol. The lowest BCUT2D eigenvalue weighted by Gasteiger charge is -2.36. The number of halogens is 3. The summed E-state index contributed by atoms with van der Waals surface area (Å²) in [6.07, 6.45) is -1.23. The van der Waals surface area contributed by atoms with Crippen LogP contribution in [0.5, 0.6) is 0 Å². The Kier molecular flexibility index (Phi) is 4.62. The van der Waals surface area contributed by atoms with Crippen molar-refractivity contribution >= 4 is 5.91 Å². The SMILES string of the molecule is CC1(C(=O)NC2CCCC(C(F)(F)F)C2)CCNCC1. The molecule has 1 heterocycles. The first kappa shape index (κ1) is 15.6. The lowest BCUT2D eigenvalue weighted by molar-refractivity contribution is -0.184. The standard InChI is InChI=1S/C14H23F3N2O/c1-13(5-7-18-8-6-13)12(20)19-11-4-2-3-10(9-11)14(15,16)17/h10-11,18H,2-9H2,1H3,(H,19,20). The molecule has 0 aromatic heterocycles. The van der Waals surface area contributed by atoms with Gasteiger partial charge in [0.15, 0.2) is 0 Å². The third-order valence-electron chi connectivity index (χ3n) is 4.73. The molecule has 1 aliphatic heterocycles. The Morgan fingerprint density at radius 2 is 1.90 bits per heavy atom. The van der Waals surface area contributed by atoms with Crippen molar-refractivity contribution in [1.29, 1.82) is 0 Å². The molecule has 3 nitrogen and oxygen atoms in total. The van der Waals surface area contributed by atoms with Crippen LogP contribution < -0.4 is 10.6 Å². The normalized spacial score (nSPS) is 30.8. The Hall–Kier alpha value is -0.780. The van der Waals surface area contributed by atoms with Crippen molar-refractivity contribution < 1.29 is 18.0 Å². The van der Waals surface area contributed by atoms with E-state index in [0.29, 0.717) is 12.8 Å². The Morgan fingerprint density at radius 1 is 1.25 bits per heavy atom. The quantitative estimate of drug-likeness (QED) is 0.821. The molecule has 2 aliphatic rings. The van der Waals surface area contributed by atoms with Crippen LogP contribution in [0, 0.1) is 11.3 Å². The molecule has 1 aliphatic carbocycles. The molecule has 6 heteroatoms. The molecule has 0 bridgehead atoms. The van der Waals surface area contributed by atoms with E-state index in [0.717, 1.165) is 25.9 Å². The zero-order chi connectivity index (χ0) is 14.8. The molecule has 0 radical (unpaired) electrons. The number of rotatable bonds is 2. The monoisotopic (exact) mass is 292 g/mol. The predicted octanol–water partition coefficient (Wildman–Crippen LogP) is 2.61. The van der Waals surface area contributed by atoms with E-state index < -0.39 is 17.5 Å². The van der Waals surface area contributed by atoms with Crippen molar-refractivity contribution in [3.8, 4) is 0 Å². The van der Waals surface area contributed by atoms with Crippen molar-refractivity contribution in [1.82, 2.24) is 10.6 Å². The first-order chi connectivity index (χ1) is 9.31. The second kappa shape index (κ2) is 5.92. The van der Waals surface area contributed by atoms with Crippen LogP contribution in [0.25, 0.3) is 0 Å². The van der Waals surface area contributed by atoms with Gasteiger partial charge in [-0.3, -0.25) is 4.79 Å². The summed E-state index contributed by atoms with van der Waals surface area (Å²) in [6.45, 7) is 3.49. The zero-order valence-corrected chi connectivity index (χ0v) is 11.9. The summed E-state index contributed by atoms with van der Waals surface area (Å²) in [5.41, 5.74) is -0.434. The first-order valence-electron chi connectivity index (χ1n) is 7.40. The fraction of sp³-hybridized carbons (Fsp3) is 0.929. The summed E-state index contributed by atoms with van der Waals surface area (Å²) in [6, 6.07) is -0.324. The minimum atomic E-state index is -4.14. The maximum Gasteiger partial charge on any atom is 0.391 e. The van der Waals surface area contributed by atoms with E-state index in [1.54, 1.807) is 0 Å². The highest BCUT2D eigenvalue weighted by atomic mass is 19.4. The molecule has 0 spiro atoms. The molecule has 20 heavy (non-hydrogen) atoms. The van der Waals surface area contributed by atoms with Gasteiger partial charge in [0.25, 0.3) is 0 Å². The summed E-state index contributed by atoms with van der Waals surface area (Å²) < 4.78 is 38.3. The molecule has 1 saturated carbocycles. The van der Waals surface area contributed by atoms with Crippen LogP contribution in [0.15, 0.2) is 0 Å². The summed E-state index contributed by atoms with van der Waals surface area (Å²) in [4.78, 5) is 12.3. The topological polar surface area (TPSA) is 41.1 Å². The maximum atomic E-state index is 12.8. The minimum Gasteiger partial charge on any atom is -0.353 e. The van der Waals surface area contributed by atoms with E-state index in [9.17, 15) is 18.0 Å². The Labute approximate surface area is 117 Å². The van der Waals surface area contributed by atoms with Gasteiger partial charge in [0, 0.05) is 11.5 Å². The molecule has 0 aromatic rings. The number of piperidine rings is 1. The van der Waals surface area contributed by atoms with Gasteiger partial charge in [-0.2, -0.15) is 13.2 Å². The van der Waals surface area contributed by atoms with E-state index in [1.807, 2.05) is 6.92 Å². The van der Waals surface area contributed by atoms with E-state index in [1.165, 1.54) is 0 Å². The van der Waals surface area contributed by atoms with Crippen LogP contribution >= 0.6 is 0 Å².